The number of carbonyl (C=O) groups excluding carboxylic acids is 1. The number of hydrogen-bond donors (Lipinski definition) is 2. The van der Waals surface area contributed by atoms with Crippen LogP contribution in [0.2, 0.25) is 0 Å². The molecule has 0 radical (unpaired) electrons. The van der Waals surface area contributed by atoms with Gasteiger partial charge in [0.25, 0.3) is 5.56 Å². The normalized spacial score (nSPS) is 10.5. The molecule has 0 saturated heterocycles. The van der Waals surface area contributed by atoms with E-state index in [1.165, 1.54) is 6.92 Å². The molecular weight excluding hydrogens is 216 g/mol. The second-order valence-electron chi connectivity index (χ2n) is 4.15. The van der Waals surface area contributed by atoms with Gasteiger partial charge in [-0.05, 0) is 31.5 Å². The van der Waals surface area contributed by atoms with E-state index >= 15 is 0 Å². The highest BCUT2D eigenvalue weighted by Crippen LogP contribution is 2.20. The molecule has 0 unspecified atom stereocenters. The highest BCUT2D eigenvalue weighted by atomic mass is 16.1. The van der Waals surface area contributed by atoms with Crippen LogP contribution in [-0.4, -0.2) is 10.9 Å². The standard InChI is InChI=1S/C13H14N2O2/c1-7-8(2)13(17)15-12-6-10(14-9(3)16)4-5-11(7)12/h4-6H,1-3H3,(H,14,16)(H,15,17). The molecule has 1 aromatic heterocycles. The molecule has 1 aromatic carbocycles. The molecule has 1 amide bonds. The smallest absolute Gasteiger partial charge is 0.251 e. The van der Waals surface area contributed by atoms with Gasteiger partial charge < -0.3 is 10.3 Å². The third-order valence-corrected chi connectivity index (χ3v) is 2.90. The van der Waals surface area contributed by atoms with E-state index < -0.39 is 0 Å². The highest BCUT2D eigenvalue weighted by molar-refractivity contribution is 5.92. The predicted molar refractivity (Wildman–Crippen MR) is 68.3 cm³/mol. The van der Waals surface area contributed by atoms with Gasteiger partial charge in [-0.15, -0.1) is 0 Å². The number of aromatic amines is 1. The number of fused-ring (bicyclic) bond motifs is 1. The SMILES string of the molecule is CC(=O)Nc1ccc2c(C)c(C)c(=O)[nH]c2c1. The maximum Gasteiger partial charge on any atom is 0.251 e. The number of hydrogen-bond acceptors (Lipinski definition) is 2. The van der Waals surface area contributed by atoms with Gasteiger partial charge in [-0.1, -0.05) is 6.07 Å². The second kappa shape index (κ2) is 4.05. The van der Waals surface area contributed by atoms with Gasteiger partial charge in [0, 0.05) is 23.6 Å². The zero-order valence-electron chi connectivity index (χ0n) is 10.0. The molecule has 0 aliphatic heterocycles. The summed E-state index contributed by atoms with van der Waals surface area (Å²) in [6.45, 7) is 5.17. The second-order valence-corrected chi connectivity index (χ2v) is 4.15. The van der Waals surface area contributed by atoms with Gasteiger partial charge >= 0.3 is 0 Å². The molecule has 0 fully saturated rings. The zero-order valence-corrected chi connectivity index (χ0v) is 10.0. The first-order valence-corrected chi connectivity index (χ1v) is 5.40. The van der Waals surface area contributed by atoms with E-state index in [2.05, 4.69) is 10.3 Å². The maximum absolute atomic E-state index is 11.6. The van der Waals surface area contributed by atoms with E-state index in [0.29, 0.717) is 5.69 Å². The number of amides is 1. The molecule has 0 saturated carbocycles. The van der Waals surface area contributed by atoms with Crippen molar-refractivity contribution in [2.24, 2.45) is 0 Å². The number of nitrogens with one attached hydrogen (secondary N) is 2. The van der Waals surface area contributed by atoms with Crippen molar-refractivity contribution in [2.75, 3.05) is 5.32 Å². The van der Waals surface area contributed by atoms with E-state index in [4.69, 9.17) is 0 Å². The lowest BCUT2D eigenvalue weighted by molar-refractivity contribution is -0.114. The first-order valence-electron chi connectivity index (χ1n) is 5.40. The summed E-state index contributed by atoms with van der Waals surface area (Å²) in [5.41, 5.74) is 3.03. The number of benzene rings is 1. The fourth-order valence-electron chi connectivity index (χ4n) is 1.84. The minimum Gasteiger partial charge on any atom is -0.326 e. The van der Waals surface area contributed by atoms with Crippen LogP contribution in [0.25, 0.3) is 10.9 Å². The fraction of sp³-hybridized carbons (Fsp3) is 0.231. The summed E-state index contributed by atoms with van der Waals surface area (Å²) in [4.78, 5) is 25.4. The number of anilines is 1. The maximum atomic E-state index is 11.6. The van der Waals surface area contributed by atoms with E-state index in [9.17, 15) is 9.59 Å². The Kier molecular flexibility index (Phi) is 2.71. The van der Waals surface area contributed by atoms with Crippen LogP contribution in [0.15, 0.2) is 23.0 Å². The molecule has 0 atom stereocenters. The summed E-state index contributed by atoms with van der Waals surface area (Å²) in [6.07, 6.45) is 0. The van der Waals surface area contributed by atoms with Crippen molar-refractivity contribution >= 4 is 22.5 Å². The molecule has 17 heavy (non-hydrogen) atoms. The molecular formula is C13H14N2O2. The summed E-state index contributed by atoms with van der Waals surface area (Å²) in [5.74, 6) is -0.129. The zero-order chi connectivity index (χ0) is 12.6. The molecule has 4 heteroatoms. The van der Waals surface area contributed by atoms with E-state index in [1.807, 2.05) is 19.1 Å². The summed E-state index contributed by atoms with van der Waals surface area (Å²) >= 11 is 0. The lowest BCUT2D eigenvalue weighted by Gasteiger charge is -2.07. The molecule has 1 heterocycles. The minimum absolute atomic E-state index is 0.0880. The molecule has 0 bridgehead atoms. The van der Waals surface area contributed by atoms with Crippen LogP contribution in [0, 0.1) is 13.8 Å². The topological polar surface area (TPSA) is 62.0 Å². The van der Waals surface area contributed by atoms with Crippen LogP contribution in [0.4, 0.5) is 5.69 Å². The van der Waals surface area contributed by atoms with Crippen molar-refractivity contribution in [3.05, 3.63) is 39.7 Å². The molecule has 2 rings (SSSR count). The van der Waals surface area contributed by atoms with Gasteiger partial charge in [0.15, 0.2) is 0 Å². The summed E-state index contributed by atoms with van der Waals surface area (Å²) in [6, 6.07) is 5.50. The average molecular weight is 230 g/mol. The van der Waals surface area contributed by atoms with E-state index in [-0.39, 0.29) is 11.5 Å². The summed E-state index contributed by atoms with van der Waals surface area (Å²) in [7, 11) is 0. The quantitative estimate of drug-likeness (QED) is 0.788. The van der Waals surface area contributed by atoms with Gasteiger partial charge in [0.1, 0.15) is 0 Å². The molecule has 2 N–H and O–H groups in total. The molecule has 88 valence electrons. The summed E-state index contributed by atoms with van der Waals surface area (Å²) in [5, 5.41) is 3.69. The van der Waals surface area contributed by atoms with Crippen LogP contribution in [-0.2, 0) is 4.79 Å². The number of rotatable bonds is 1. The van der Waals surface area contributed by atoms with E-state index in [1.54, 1.807) is 13.0 Å². The van der Waals surface area contributed by atoms with Crippen LogP contribution < -0.4 is 10.9 Å². The van der Waals surface area contributed by atoms with Gasteiger partial charge in [-0.25, -0.2) is 0 Å². The Hall–Kier alpha value is -2.10. The Labute approximate surface area is 98.7 Å². The predicted octanol–water partition coefficient (Wildman–Crippen LogP) is 2.10. The van der Waals surface area contributed by atoms with Crippen molar-refractivity contribution in [2.45, 2.75) is 20.8 Å². The number of carbonyl (C=O) groups is 1. The largest absolute Gasteiger partial charge is 0.326 e. The Morgan fingerprint density at radius 1 is 1.24 bits per heavy atom. The van der Waals surface area contributed by atoms with Crippen LogP contribution in [0.3, 0.4) is 0 Å². The van der Waals surface area contributed by atoms with Crippen LogP contribution in [0.5, 0.6) is 0 Å². The Morgan fingerprint density at radius 3 is 2.59 bits per heavy atom. The van der Waals surface area contributed by atoms with Gasteiger partial charge in [0.2, 0.25) is 5.91 Å². The number of aromatic nitrogens is 1. The van der Waals surface area contributed by atoms with Crippen LogP contribution in [0.1, 0.15) is 18.1 Å². The molecule has 0 aliphatic rings. The Bertz CT molecular complexity index is 656. The van der Waals surface area contributed by atoms with Crippen molar-refractivity contribution in [3.63, 3.8) is 0 Å². The van der Waals surface area contributed by atoms with Gasteiger partial charge in [-0.3, -0.25) is 9.59 Å². The number of aryl methyl sites for hydroxylation is 1. The van der Waals surface area contributed by atoms with Crippen molar-refractivity contribution in [1.29, 1.82) is 0 Å². The van der Waals surface area contributed by atoms with Crippen molar-refractivity contribution < 1.29 is 4.79 Å². The molecule has 0 spiro atoms. The third kappa shape index (κ3) is 2.06. The average Bonchev–Trinajstić information content (AvgIpc) is 2.25. The van der Waals surface area contributed by atoms with Crippen molar-refractivity contribution in [3.8, 4) is 0 Å². The Morgan fingerprint density at radius 2 is 1.94 bits per heavy atom. The fourth-order valence-corrected chi connectivity index (χ4v) is 1.84. The summed E-state index contributed by atoms with van der Waals surface area (Å²) < 4.78 is 0. The molecule has 2 aromatic rings. The van der Waals surface area contributed by atoms with E-state index in [0.717, 1.165) is 22.0 Å². The minimum atomic E-state index is -0.129. The monoisotopic (exact) mass is 230 g/mol. The molecule has 4 nitrogen and oxygen atoms in total. The highest BCUT2D eigenvalue weighted by Gasteiger charge is 2.05. The number of pyridine rings is 1. The number of H-pyrrole nitrogens is 1. The Balaban J connectivity index is 2.67. The lowest BCUT2D eigenvalue weighted by atomic mass is 10.1. The molecule has 0 aliphatic carbocycles. The van der Waals surface area contributed by atoms with Gasteiger partial charge in [0.05, 0.1) is 5.52 Å². The van der Waals surface area contributed by atoms with Crippen molar-refractivity contribution in [1.82, 2.24) is 4.98 Å². The third-order valence-electron chi connectivity index (χ3n) is 2.90. The first kappa shape index (κ1) is 11.4. The lowest BCUT2D eigenvalue weighted by Crippen LogP contribution is -2.12. The van der Waals surface area contributed by atoms with Gasteiger partial charge in [-0.2, -0.15) is 0 Å². The first-order chi connectivity index (χ1) is 7.99. The van der Waals surface area contributed by atoms with Crippen LogP contribution >= 0.6 is 0 Å².